The van der Waals surface area contributed by atoms with Crippen LogP contribution in [0, 0.1) is 17.5 Å². The second-order valence-electron chi connectivity index (χ2n) is 6.01. The van der Waals surface area contributed by atoms with Gasteiger partial charge in [-0.05, 0) is 42.8 Å². The largest absolute Gasteiger partial charge is 0.357 e. The van der Waals surface area contributed by atoms with Crippen molar-refractivity contribution in [3.63, 3.8) is 0 Å². The van der Waals surface area contributed by atoms with Crippen LogP contribution in [0.5, 0.6) is 0 Å². The molecule has 29 heavy (non-hydrogen) atoms. The highest BCUT2D eigenvalue weighted by atomic mass is 127. The molecule has 0 aliphatic carbocycles. The van der Waals surface area contributed by atoms with Crippen molar-refractivity contribution in [2.45, 2.75) is 19.9 Å². The lowest BCUT2D eigenvalue weighted by Gasteiger charge is -2.12. The maximum absolute atomic E-state index is 13.7. The molecule has 0 spiro atoms. The quantitative estimate of drug-likeness (QED) is 0.217. The van der Waals surface area contributed by atoms with E-state index in [-0.39, 0.29) is 54.2 Å². The number of guanidine groups is 1. The Morgan fingerprint density at radius 3 is 2.41 bits per heavy atom. The summed E-state index contributed by atoms with van der Waals surface area (Å²) in [4.78, 5) is 16.1. The molecule has 5 nitrogen and oxygen atoms in total. The van der Waals surface area contributed by atoms with E-state index in [1.807, 2.05) is 6.92 Å². The Hall–Kier alpha value is -2.30. The molecular formula is C20H24F3IN4O. The summed E-state index contributed by atoms with van der Waals surface area (Å²) in [7, 11) is 0. The summed E-state index contributed by atoms with van der Waals surface area (Å²) in [6.07, 6.45) is 0.0881. The predicted molar refractivity (Wildman–Crippen MR) is 118 cm³/mol. The van der Waals surface area contributed by atoms with Crippen molar-refractivity contribution >= 4 is 35.8 Å². The normalized spacial score (nSPS) is 10.8. The summed E-state index contributed by atoms with van der Waals surface area (Å²) in [5.74, 6) is -1.23. The zero-order valence-electron chi connectivity index (χ0n) is 16.0. The van der Waals surface area contributed by atoms with Gasteiger partial charge in [0.25, 0.3) is 0 Å². The van der Waals surface area contributed by atoms with Gasteiger partial charge in [0.1, 0.15) is 17.5 Å². The van der Waals surface area contributed by atoms with Gasteiger partial charge < -0.3 is 16.0 Å². The number of rotatable bonds is 8. The van der Waals surface area contributed by atoms with Crippen LogP contribution in [0.15, 0.2) is 47.5 Å². The van der Waals surface area contributed by atoms with Gasteiger partial charge in [0.05, 0.1) is 13.0 Å². The minimum absolute atomic E-state index is 0. The maximum Gasteiger partial charge on any atom is 0.224 e. The summed E-state index contributed by atoms with van der Waals surface area (Å²) in [6, 6.07) is 9.10. The van der Waals surface area contributed by atoms with Gasteiger partial charge in [0.2, 0.25) is 5.91 Å². The monoisotopic (exact) mass is 520 g/mol. The molecule has 0 aliphatic rings. The first-order chi connectivity index (χ1) is 13.5. The summed E-state index contributed by atoms with van der Waals surface area (Å²) < 4.78 is 40.0. The molecular weight excluding hydrogens is 496 g/mol. The molecule has 0 atom stereocenters. The molecule has 0 saturated carbocycles. The van der Waals surface area contributed by atoms with Crippen LogP contribution in [0.4, 0.5) is 13.2 Å². The number of nitrogens with zero attached hydrogens (tertiary/aromatic N) is 1. The van der Waals surface area contributed by atoms with Crippen LogP contribution in [0.25, 0.3) is 0 Å². The van der Waals surface area contributed by atoms with Crippen LogP contribution < -0.4 is 16.0 Å². The first-order valence-electron chi connectivity index (χ1n) is 8.95. The van der Waals surface area contributed by atoms with E-state index >= 15 is 0 Å². The van der Waals surface area contributed by atoms with Crippen molar-refractivity contribution < 1.29 is 18.0 Å². The molecule has 1 amide bonds. The van der Waals surface area contributed by atoms with Crippen molar-refractivity contribution in [2.75, 3.05) is 19.6 Å². The number of amides is 1. The molecule has 0 bridgehead atoms. The zero-order chi connectivity index (χ0) is 20.4. The second kappa shape index (κ2) is 13.0. The lowest BCUT2D eigenvalue weighted by molar-refractivity contribution is -0.120. The molecule has 9 heteroatoms. The Kier molecular flexibility index (Phi) is 11.1. The van der Waals surface area contributed by atoms with Gasteiger partial charge in [-0.15, -0.1) is 24.0 Å². The smallest absolute Gasteiger partial charge is 0.224 e. The number of benzene rings is 2. The molecule has 0 aromatic heterocycles. The lowest BCUT2D eigenvalue weighted by atomic mass is 10.1. The van der Waals surface area contributed by atoms with Gasteiger partial charge in [0.15, 0.2) is 5.96 Å². The average Bonchev–Trinajstić information content (AvgIpc) is 2.65. The van der Waals surface area contributed by atoms with E-state index in [9.17, 15) is 18.0 Å². The Morgan fingerprint density at radius 1 is 0.966 bits per heavy atom. The fourth-order valence-corrected chi connectivity index (χ4v) is 2.45. The highest BCUT2D eigenvalue weighted by Crippen LogP contribution is 2.10. The van der Waals surface area contributed by atoms with Crippen molar-refractivity contribution in [3.05, 3.63) is 71.0 Å². The Labute approximate surface area is 185 Å². The average molecular weight is 520 g/mol. The van der Waals surface area contributed by atoms with E-state index in [0.29, 0.717) is 31.2 Å². The molecule has 2 aromatic rings. The van der Waals surface area contributed by atoms with E-state index in [2.05, 4.69) is 20.9 Å². The number of carbonyl (C=O) groups is 1. The van der Waals surface area contributed by atoms with Gasteiger partial charge in [0, 0.05) is 25.2 Å². The van der Waals surface area contributed by atoms with Gasteiger partial charge in [-0.25, -0.2) is 18.2 Å². The number of carbonyl (C=O) groups excluding carboxylic acids is 1. The third-order valence-electron chi connectivity index (χ3n) is 3.75. The second-order valence-corrected chi connectivity index (χ2v) is 6.01. The Balaban J connectivity index is 0.00000420. The van der Waals surface area contributed by atoms with E-state index < -0.39 is 11.6 Å². The number of aliphatic imine (C=N–C) groups is 1. The van der Waals surface area contributed by atoms with Crippen molar-refractivity contribution in [3.8, 4) is 0 Å². The summed E-state index contributed by atoms with van der Waals surface area (Å²) >= 11 is 0. The van der Waals surface area contributed by atoms with Crippen LogP contribution in [0.2, 0.25) is 0 Å². The molecule has 0 unspecified atom stereocenters. The Bertz CT molecular complexity index is 833. The summed E-state index contributed by atoms with van der Waals surface area (Å²) in [6.45, 7) is 3.15. The molecule has 0 aliphatic heterocycles. The summed E-state index contributed by atoms with van der Waals surface area (Å²) in [5, 5.41) is 8.71. The topological polar surface area (TPSA) is 65.5 Å². The molecule has 0 radical (unpaired) electrons. The van der Waals surface area contributed by atoms with Crippen LogP contribution in [-0.2, 0) is 17.8 Å². The fraction of sp³-hybridized carbons (Fsp3) is 0.300. The highest BCUT2D eigenvalue weighted by Gasteiger charge is 2.06. The number of halogens is 4. The molecule has 2 rings (SSSR count). The van der Waals surface area contributed by atoms with E-state index in [4.69, 9.17) is 0 Å². The van der Waals surface area contributed by atoms with Crippen LogP contribution in [0.1, 0.15) is 18.1 Å². The third-order valence-corrected chi connectivity index (χ3v) is 3.75. The molecule has 0 heterocycles. The minimum Gasteiger partial charge on any atom is -0.357 e. The SMILES string of the molecule is CCNC(=NCc1cc(F)ccc1F)NCCNC(=O)Cc1cccc(F)c1.I. The van der Waals surface area contributed by atoms with Gasteiger partial charge in [-0.3, -0.25) is 4.79 Å². The van der Waals surface area contributed by atoms with Crippen molar-refractivity contribution in [1.82, 2.24) is 16.0 Å². The predicted octanol–water partition coefficient (Wildman–Crippen LogP) is 3.14. The fourth-order valence-electron chi connectivity index (χ4n) is 2.45. The van der Waals surface area contributed by atoms with Crippen molar-refractivity contribution in [1.29, 1.82) is 0 Å². The van der Waals surface area contributed by atoms with E-state index in [1.165, 1.54) is 12.1 Å². The summed E-state index contributed by atoms with van der Waals surface area (Å²) in [5.41, 5.74) is 0.748. The molecule has 0 saturated heterocycles. The molecule has 3 N–H and O–H groups in total. The van der Waals surface area contributed by atoms with Gasteiger partial charge in [-0.2, -0.15) is 0 Å². The zero-order valence-corrected chi connectivity index (χ0v) is 18.3. The standard InChI is InChI=1S/C20H23F3N4O.HI/c1-2-24-20(27-13-15-12-17(22)6-7-18(15)23)26-9-8-25-19(28)11-14-4-3-5-16(21)10-14;/h3-7,10,12H,2,8-9,11,13H2,1H3,(H,25,28)(H2,24,26,27);1H. The number of hydrogen-bond acceptors (Lipinski definition) is 2. The van der Waals surface area contributed by atoms with Crippen LogP contribution in [0.3, 0.4) is 0 Å². The number of nitrogens with one attached hydrogen (secondary N) is 3. The van der Waals surface area contributed by atoms with Crippen molar-refractivity contribution in [2.24, 2.45) is 4.99 Å². The third kappa shape index (κ3) is 9.16. The molecule has 0 fully saturated rings. The molecule has 158 valence electrons. The van der Waals surface area contributed by atoms with E-state index in [0.717, 1.165) is 18.2 Å². The first-order valence-corrected chi connectivity index (χ1v) is 8.95. The minimum atomic E-state index is -0.523. The van der Waals surface area contributed by atoms with Gasteiger partial charge in [-0.1, -0.05) is 12.1 Å². The van der Waals surface area contributed by atoms with Gasteiger partial charge >= 0.3 is 0 Å². The van der Waals surface area contributed by atoms with E-state index in [1.54, 1.807) is 12.1 Å². The van der Waals surface area contributed by atoms with Crippen LogP contribution in [-0.4, -0.2) is 31.5 Å². The highest BCUT2D eigenvalue weighted by molar-refractivity contribution is 14.0. The first kappa shape index (κ1) is 24.7. The molecule has 2 aromatic carbocycles. The Morgan fingerprint density at radius 2 is 1.69 bits per heavy atom. The lowest BCUT2D eigenvalue weighted by Crippen LogP contribution is -2.41. The maximum atomic E-state index is 13.7. The van der Waals surface area contributed by atoms with Crippen LogP contribution >= 0.6 is 24.0 Å². The number of hydrogen-bond donors (Lipinski definition) is 3.